The van der Waals surface area contributed by atoms with Crippen LogP contribution >= 0.6 is 0 Å². The molecule has 1 amide bonds. The molecule has 0 atom stereocenters. The standard InChI is InChI=1S/C7H7NO.C6H5N3/c8-7(9)6-4-2-1-3-5-6;1-2-8-6-3-7-4-9-5(1)6/h1-5H,(H2,8,9);1-4,8H. The number of amides is 1. The minimum Gasteiger partial charge on any atom is -0.366 e. The van der Waals surface area contributed by atoms with Crippen LogP contribution in [0.15, 0.2) is 55.1 Å². The van der Waals surface area contributed by atoms with Gasteiger partial charge in [-0.1, -0.05) is 18.2 Å². The molecule has 2 heterocycles. The van der Waals surface area contributed by atoms with Crippen molar-refractivity contribution < 1.29 is 4.79 Å². The Kier molecular flexibility index (Phi) is 3.66. The topological polar surface area (TPSA) is 84.7 Å². The van der Waals surface area contributed by atoms with Gasteiger partial charge in [0.05, 0.1) is 17.2 Å². The van der Waals surface area contributed by atoms with E-state index in [1.54, 1.807) is 30.5 Å². The molecule has 0 unspecified atom stereocenters. The first-order chi connectivity index (χ1) is 8.77. The summed E-state index contributed by atoms with van der Waals surface area (Å²) < 4.78 is 0. The van der Waals surface area contributed by atoms with Crippen molar-refractivity contribution in [3.8, 4) is 0 Å². The predicted molar refractivity (Wildman–Crippen MR) is 68.8 cm³/mol. The minimum absolute atomic E-state index is 0.379. The van der Waals surface area contributed by atoms with Crippen LogP contribution in [0, 0.1) is 0 Å². The first-order valence-electron chi connectivity index (χ1n) is 5.35. The molecule has 0 aliphatic rings. The highest BCUT2D eigenvalue weighted by molar-refractivity contribution is 5.92. The number of hydrogen-bond donors (Lipinski definition) is 2. The summed E-state index contributed by atoms with van der Waals surface area (Å²) in [6.45, 7) is 0. The Hall–Kier alpha value is -2.69. The van der Waals surface area contributed by atoms with Gasteiger partial charge in [-0.25, -0.2) is 9.97 Å². The van der Waals surface area contributed by atoms with Crippen LogP contribution in [0.25, 0.3) is 11.0 Å². The van der Waals surface area contributed by atoms with Crippen molar-refractivity contribution in [1.82, 2.24) is 15.0 Å². The molecule has 0 radical (unpaired) electrons. The molecule has 0 aliphatic heterocycles. The van der Waals surface area contributed by atoms with Gasteiger partial charge in [-0.05, 0) is 18.2 Å². The maximum Gasteiger partial charge on any atom is 0.248 e. The zero-order valence-electron chi connectivity index (χ0n) is 9.58. The molecule has 3 N–H and O–H groups in total. The fraction of sp³-hybridized carbons (Fsp3) is 0. The number of benzene rings is 1. The molecule has 1 aromatic carbocycles. The number of aromatic amines is 1. The molecule has 2 aromatic heterocycles. The molecule has 0 spiro atoms. The largest absolute Gasteiger partial charge is 0.366 e. The van der Waals surface area contributed by atoms with E-state index in [4.69, 9.17) is 5.73 Å². The third-order valence-electron chi connectivity index (χ3n) is 2.28. The van der Waals surface area contributed by atoms with Crippen molar-refractivity contribution in [2.45, 2.75) is 0 Å². The van der Waals surface area contributed by atoms with E-state index in [2.05, 4.69) is 15.0 Å². The minimum atomic E-state index is -0.379. The zero-order valence-corrected chi connectivity index (χ0v) is 9.58. The molecule has 5 nitrogen and oxygen atoms in total. The molecular weight excluding hydrogens is 228 g/mol. The second kappa shape index (κ2) is 5.58. The lowest BCUT2D eigenvalue weighted by atomic mass is 10.2. The quantitative estimate of drug-likeness (QED) is 0.679. The maximum absolute atomic E-state index is 10.4. The van der Waals surface area contributed by atoms with E-state index in [1.165, 1.54) is 6.33 Å². The second-order valence-electron chi connectivity index (χ2n) is 3.53. The number of carbonyl (C=O) groups excluding carboxylic acids is 1. The van der Waals surface area contributed by atoms with Crippen molar-refractivity contribution in [1.29, 1.82) is 0 Å². The molecule has 3 rings (SSSR count). The fourth-order valence-electron chi connectivity index (χ4n) is 1.40. The lowest BCUT2D eigenvalue weighted by molar-refractivity contribution is 0.100. The third-order valence-corrected chi connectivity index (χ3v) is 2.28. The lowest BCUT2D eigenvalue weighted by Crippen LogP contribution is -2.09. The van der Waals surface area contributed by atoms with Crippen molar-refractivity contribution in [3.63, 3.8) is 0 Å². The van der Waals surface area contributed by atoms with Crippen molar-refractivity contribution >= 4 is 16.9 Å². The van der Waals surface area contributed by atoms with Gasteiger partial charge >= 0.3 is 0 Å². The summed E-state index contributed by atoms with van der Waals surface area (Å²) in [5.41, 5.74) is 7.47. The number of primary amides is 1. The van der Waals surface area contributed by atoms with Gasteiger partial charge in [0.25, 0.3) is 0 Å². The summed E-state index contributed by atoms with van der Waals surface area (Å²) in [5, 5.41) is 0. The molecule has 90 valence electrons. The van der Waals surface area contributed by atoms with Crippen molar-refractivity contribution in [2.24, 2.45) is 5.73 Å². The number of fused-ring (bicyclic) bond motifs is 1. The van der Waals surface area contributed by atoms with Gasteiger partial charge in [-0.15, -0.1) is 0 Å². The summed E-state index contributed by atoms with van der Waals surface area (Å²) in [6.07, 6.45) is 5.14. The summed E-state index contributed by atoms with van der Waals surface area (Å²) in [4.78, 5) is 21.3. The number of H-pyrrole nitrogens is 1. The fourth-order valence-corrected chi connectivity index (χ4v) is 1.40. The monoisotopic (exact) mass is 240 g/mol. The lowest BCUT2D eigenvalue weighted by Gasteiger charge is -1.89. The molecule has 0 saturated carbocycles. The number of nitrogens with one attached hydrogen (secondary N) is 1. The van der Waals surface area contributed by atoms with Gasteiger partial charge in [0.15, 0.2) is 0 Å². The number of hydrogen-bond acceptors (Lipinski definition) is 3. The Morgan fingerprint density at radius 1 is 1.17 bits per heavy atom. The van der Waals surface area contributed by atoms with Gasteiger partial charge in [-0.2, -0.15) is 0 Å². The number of nitrogens with zero attached hydrogens (tertiary/aromatic N) is 2. The van der Waals surface area contributed by atoms with Crippen LogP contribution in [0.2, 0.25) is 0 Å². The Labute approximate surface area is 104 Å². The summed E-state index contributed by atoms with van der Waals surface area (Å²) in [5.74, 6) is -0.379. The second-order valence-corrected chi connectivity index (χ2v) is 3.53. The van der Waals surface area contributed by atoms with Crippen LogP contribution in [0.5, 0.6) is 0 Å². The molecule has 0 aliphatic carbocycles. The van der Waals surface area contributed by atoms with Crippen LogP contribution in [-0.4, -0.2) is 20.9 Å². The average molecular weight is 240 g/mol. The van der Waals surface area contributed by atoms with E-state index in [9.17, 15) is 4.79 Å². The van der Waals surface area contributed by atoms with Crippen molar-refractivity contribution in [2.75, 3.05) is 0 Å². The van der Waals surface area contributed by atoms with Gasteiger partial charge in [0.1, 0.15) is 6.33 Å². The number of aromatic nitrogens is 3. The first kappa shape index (κ1) is 11.8. The Bertz CT molecular complexity index is 603. The van der Waals surface area contributed by atoms with Gasteiger partial charge in [0.2, 0.25) is 5.91 Å². The van der Waals surface area contributed by atoms with E-state index >= 15 is 0 Å². The molecular formula is C13H12N4O. The Morgan fingerprint density at radius 3 is 2.56 bits per heavy atom. The zero-order chi connectivity index (χ0) is 12.8. The van der Waals surface area contributed by atoms with E-state index in [-0.39, 0.29) is 5.91 Å². The van der Waals surface area contributed by atoms with E-state index < -0.39 is 0 Å². The average Bonchev–Trinajstić information content (AvgIpc) is 2.89. The van der Waals surface area contributed by atoms with Crippen LogP contribution in [0.3, 0.4) is 0 Å². The summed E-state index contributed by atoms with van der Waals surface area (Å²) in [7, 11) is 0. The molecule has 0 saturated heterocycles. The molecule has 0 bridgehead atoms. The van der Waals surface area contributed by atoms with Gasteiger partial charge < -0.3 is 10.7 Å². The van der Waals surface area contributed by atoms with E-state index in [1.807, 2.05) is 18.3 Å². The van der Waals surface area contributed by atoms with Crippen LogP contribution < -0.4 is 5.73 Å². The predicted octanol–water partition coefficient (Wildman–Crippen LogP) is 1.74. The number of nitrogens with two attached hydrogens (primary N) is 1. The SMILES string of the molecule is NC(=O)c1ccccc1.c1ncc2[nH]ccc2n1. The molecule has 18 heavy (non-hydrogen) atoms. The highest BCUT2D eigenvalue weighted by Gasteiger charge is 1.93. The number of carbonyl (C=O) groups is 1. The Balaban J connectivity index is 0.000000134. The van der Waals surface area contributed by atoms with Crippen LogP contribution in [-0.2, 0) is 0 Å². The Morgan fingerprint density at radius 2 is 1.94 bits per heavy atom. The van der Waals surface area contributed by atoms with Gasteiger partial charge in [0, 0.05) is 11.8 Å². The maximum atomic E-state index is 10.4. The van der Waals surface area contributed by atoms with E-state index in [0.29, 0.717) is 5.56 Å². The third kappa shape index (κ3) is 2.91. The molecule has 5 heteroatoms. The van der Waals surface area contributed by atoms with Crippen LogP contribution in [0.4, 0.5) is 0 Å². The molecule has 0 fully saturated rings. The highest BCUT2D eigenvalue weighted by atomic mass is 16.1. The normalized spacial score (nSPS) is 9.56. The first-order valence-corrected chi connectivity index (χ1v) is 5.35. The summed E-state index contributed by atoms with van der Waals surface area (Å²) >= 11 is 0. The summed E-state index contributed by atoms with van der Waals surface area (Å²) in [6, 6.07) is 10.7. The highest BCUT2D eigenvalue weighted by Crippen LogP contribution is 2.03. The van der Waals surface area contributed by atoms with Gasteiger partial charge in [-0.3, -0.25) is 4.79 Å². The smallest absolute Gasteiger partial charge is 0.248 e. The molecule has 3 aromatic rings. The van der Waals surface area contributed by atoms with E-state index in [0.717, 1.165) is 11.0 Å². The van der Waals surface area contributed by atoms with Crippen LogP contribution in [0.1, 0.15) is 10.4 Å². The van der Waals surface area contributed by atoms with Crippen molar-refractivity contribution in [3.05, 3.63) is 60.7 Å². The number of rotatable bonds is 1.